The highest BCUT2D eigenvalue weighted by Crippen LogP contribution is 2.23. The highest BCUT2D eigenvalue weighted by molar-refractivity contribution is 4.61. The first-order valence-electron chi connectivity index (χ1n) is 9.26. The normalized spacial score (nSPS) is 26.7. The van der Waals surface area contributed by atoms with E-state index in [4.69, 9.17) is 4.74 Å². The SMILES string of the molecule is C.CC1CCCC1.CC1CCCCC1.CC1CCCOC1. The van der Waals surface area contributed by atoms with E-state index in [1.165, 1.54) is 70.6 Å². The minimum atomic E-state index is 0. The third-order valence-electron chi connectivity index (χ3n) is 4.93. The van der Waals surface area contributed by atoms with Crippen molar-refractivity contribution >= 4 is 0 Å². The minimum Gasteiger partial charge on any atom is -0.381 e. The summed E-state index contributed by atoms with van der Waals surface area (Å²) in [7, 11) is 0. The Morgan fingerprint density at radius 3 is 1.19 bits per heavy atom. The molecular weight excluding hydrogens is 256 g/mol. The smallest absolute Gasteiger partial charge is 0.0491 e. The Morgan fingerprint density at radius 1 is 0.571 bits per heavy atom. The summed E-state index contributed by atoms with van der Waals surface area (Å²) in [5, 5.41) is 0. The van der Waals surface area contributed by atoms with E-state index in [-0.39, 0.29) is 7.43 Å². The second kappa shape index (κ2) is 13.6. The van der Waals surface area contributed by atoms with Gasteiger partial charge >= 0.3 is 0 Å². The molecule has 128 valence electrons. The van der Waals surface area contributed by atoms with Crippen LogP contribution in [0.5, 0.6) is 0 Å². The molecule has 0 amide bonds. The van der Waals surface area contributed by atoms with Crippen LogP contribution in [-0.2, 0) is 4.74 Å². The predicted octanol–water partition coefficient (Wildman–Crippen LogP) is 6.85. The maximum Gasteiger partial charge on any atom is 0.0491 e. The quantitative estimate of drug-likeness (QED) is 0.475. The zero-order chi connectivity index (χ0) is 14.6. The number of rotatable bonds is 0. The molecule has 0 aromatic heterocycles. The average Bonchev–Trinajstić information content (AvgIpc) is 2.93. The zero-order valence-corrected chi connectivity index (χ0v) is 14.3. The van der Waals surface area contributed by atoms with Crippen LogP contribution in [0, 0.1) is 17.8 Å². The van der Waals surface area contributed by atoms with Crippen LogP contribution in [0.4, 0.5) is 0 Å². The van der Waals surface area contributed by atoms with Gasteiger partial charge in [0.15, 0.2) is 0 Å². The van der Waals surface area contributed by atoms with Crippen molar-refractivity contribution in [1.29, 1.82) is 0 Å². The van der Waals surface area contributed by atoms with Gasteiger partial charge < -0.3 is 4.74 Å². The molecule has 3 fully saturated rings. The van der Waals surface area contributed by atoms with Crippen molar-refractivity contribution in [2.24, 2.45) is 17.8 Å². The summed E-state index contributed by atoms with van der Waals surface area (Å²) >= 11 is 0. The Morgan fingerprint density at radius 2 is 1.00 bits per heavy atom. The number of ether oxygens (including phenoxy) is 1. The lowest BCUT2D eigenvalue weighted by Crippen LogP contribution is -2.13. The van der Waals surface area contributed by atoms with Crippen molar-refractivity contribution in [3.63, 3.8) is 0 Å². The van der Waals surface area contributed by atoms with Gasteiger partial charge in [-0.3, -0.25) is 0 Å². The molecule has 2 saturated carbocycles. The van der Waals surface area contributed by atoms with Crippen molar-refractivity contribution < 1.29 is 4.74 Å². The van der Waals surface area contributed by atoms with Gasteiger partial charge in [-0.05, 0) is 30.6 Å². The van der Waals surface area contributed by atoms with Gasteiger partial charge in [0.25, 0.3) is 0 Å². The van der Waals surface area contributed by atoms with Crippen molar-refractivity contribution in [2.45, 2.75) is 98.8 Å². The molecular formula is C20H42O. The molecule has 0 N–H and O–H groups in total. The molecule has 3 rings (SSSR count). The molecule has 1 nitrogen and oxygen atoms in total. The predicted molar refractivity (Wildman–Crippen MR) is 95.8 cm³/mol. The van der Waals surface area contributed by atoms with E-state index in [2.05, 4.69) is 20.8 Å². The van der Waals surface area contributed by atoms with Crippen LogP contribution in [0.3, 0.4) is 0 Å². The first-order chi connectivity index (χ1) is 9.68. The van der Waals surface area contributed by atoms with E-state index in [0.29, 0.717) is 0 Å². The lowest BCUT2D eigenvalue weighted by atomic mass is 9.91. The summed E-state index contributed by atoms with van der Waals surface area (Å²) in [5.41, 5.74) is 0. The van der Waals surface area contributed by atoms with Crippen LogP contribution in [0.2, 0.25) is 0 Å². The summed E-state index contributed by atoms with van der Waals surface area (Å²) in [6, 6.07) is 0. The molecule has 0 aromatic rings. The lowest BCUT2D eigenvalue weighted by Gasteiger charge is -2.16. The van der Waals surface area contributed by atoms with Gasteiger partial charge in [-0.2, -0.15) is 0 Å². The number of hydrogen-bond donors (Lipinski definition) is 0. The van der Waals surface area contributed by atoms with Crippen LogP contribution in [0.1, 0.15) is 98.8 Å². The maximum absolute atomic E-state index is 5.18. The molecule has 1 heteroatoms. The van der Waals surface area contributed by atoms with Gasteiger partial charge in [-0.25, -0.2) is 0 Å². The maximum atomic E-state index is 5.18. The van der Waals surface area contributed by atoms with Crippen LogP contribution in [0.25, 0.3) is 0 Å². The Balaban J connectivity index is 0.000000280. The minimum absolute atomic E-state index is 0. The van der Waals surface area contributed by atoms with E-state index in [1.54, 1.807) is 0 Å². The van der Waals surface area contributed by atoms with Crippen molar-refractivity contribution in [2.75, 3.05) is 13.2 Å². The highest BCUT2D eigenvalue weighted by Gasteiger charge is 2.07. The second-order valence-electron chi connectivity index (χ2n) is 7.46. The number of hydrogen-bond acceptors (Lipinski definition) is 1. The topological polar surface area (TPSA) is 9.23 Å². The second-order valence-corrected chi connectivity index (χ2v) is 7.46. The molecule has 1 atom stereocenters. The summed E-state index contributed by atoms with van der Waals surface area (Å²) < 4.78 is 5.18. The van der Waals surface area contributed by atoms with E-state index < -0.39 is 0 Å². The zero-order valence-electron chi connectivity index (χ0n) is 14.3. The van der Waals surface area contributed by atoms with Gasteiger partial charge in [-0.1, -0.05) is 86.0 Å². The molecule has 1 heterocycles. The van der Waals surface area contributed by atoms with Gasteiger partial charge in [0.2, 0.25) is 0 Å². The van der Waals surface area contributed by atoms with Crippen LogP contribution < -0.4 is 0 Å². The van der Waals surface area contributed by atoms with Crippen molar-refractivity contribution in [1.82, 2.24) is 0 Å². The molecule has 21 heavy (non-hydrogen) atoms. The van der Waals surface area contributed by atoms with Crippen LogP contribution in [-0.4, -0.2) is 13.2 Å². The third-order valence-corrected chi connectivity index (χ3v) is 4.93. The van der Waals surface area contributed by atoms with Crippen molar-refractivity contribution in [3.05, 3.63) is 0 Å². The fourth-order valence-corrected chi connectivity index (χ4v) is 3.34. The summed E-state index contributed by atoms with van der Waals surface area (Å²) in [4.78, 5) is 0. The van der Waals surface area contributed by atoms with E-state index >= 15 is 0 Å². The fraction of sp³-hybridized carbons (Fsp3) is 1.00. The molecule has 0 spiro atoms. The summed E-state index contributed by atoms with van der Waals surface area (Å²) in [5.74, 6) is 2.90. The molecule has 0 aromatic carbocycles. The first-order valence-corrected chi connectivity index (χ1v) is 9.26. The third kappa shape index (κ3) is 12.2. The Kier molecular flexibility index (Phi) is 13.6. The highest BCUT2D eigenvalue weighted by atomic mass is 16.5. The fourth-order valence-electron chi connectivity index (χ4n) is 3.34. The van der Waals surface area contributed by atoms with E-state index in [1.807, 2.05) is 0 Å². The molecule has 1 unspecified atom stereocenters. The largest absolute Gasteiger partial charge is 0.381 e. The van der Waals surface area contributed by atoms with Crippen LogP contribution in [0.15, 0.2) is 0 Å². The molecule has 0 radical (unpaired) electrons. The molecule has 3 aliphatic rings. The summed E-state index contributed by atoms with van der Waals surface area (Å²) in [6.45, 7) is 8.91. The van der Waals surface area contributed by atoms with Gasteiger partial charge in [0.1, 0.15) is 0 Å². The summed E-state index contributed by atoms with van der Waals surface area (Å²) in [6.07, 6.45) is 16.0. The van der Waals surface area contributed by atoms with E-state index in [0.717, 1.165) is 31.0 Å². The standard InChI is InChI=1S/C7H14.C6H12O.C6H12.CH4/c1-7-5-3-2-4-6-7;1-6-3-2-4-7-5-6;1-6-4-2-3-5-6;/h7H,2-6H2,1H3;6H,2-5H2,1H3;6H,2-5H2,1H3;1H4. The lowest BCUT2D eigenvalue weighted by molar-refractivity contribution is 0.0616. The van der Waals surface area contributed by atoms with Gasteiger partial charge in [0, 0.05) is 13.2 Å². The van der Waals surface area contributed by atoms with Gasteiger partial charge in [0.05, 0.1) is 0 Å². The van der Waals surface area contributed by atoms with Gasteiger partial charge in [-0.15, -0.1) is 0 Å². The monoisotopic (exact) mass is 298 g/mol. The Bertz CT molecular complexity index is 180. The molecule has 1 saturated heterocycles. The van der Waals surface area contributed by atoms with E-state index in [9.17, 15) is 0 Å². The average molecular weight is 299 g/mol. The molecule has 1 aliphatic heterocycles. The Hall–Kier alpha value is -0.0400. The molecule has 2 aliphatic carbocycles. The first kappa shape index (κ1) is 21.0. The molecule has 0 bridgehead atoms. The Labute approximate surface area is 135 Å². The van der Waals surface area contributed by atoms with Crippen molar-refractivity contribution in [3.8, 4) is 0 Å². The van der Waals surface area contributed by atoms with Crippen LogP contribution >= 0.6 is 0 Å².